The molecule has 1 aliphatic rings. The van der Waals surface area contributed by atoms with Crippen LogP contribution in [0.4, 0.5) is 4.39 Å². The molecule has 0 radical (unpaired) electrons. The molecule has 0 spiro atoms. The molecule has 2 aromatic rings. The second kappa shape index (κ2) is 6.26. The lowest BCUT2D eigenvalue weighted by Crippen LogP contribution is -2.38. The second-order valence-corrected chi connectivity index (χ2v) is 5.86. The van der Waals surface area contributed by atoms with Crippen LogP contribution >= 0.6 is 0 Å². The van der Waals surface area contributed by atoms with Gasteiger partial charge >= 0.3 is 0 Å². The predicted molar refractivity (Wildman–Crippen MR) is 83.9 cm³/mol. The van der Waals surface area contributed by atoms with Crippen molar-refractivity contribution in [2.24, 2.45) is 5.92 Å². The van der Waals surface area contributed by atoms with Crippen molar-refractivity contribution >= 4 is 5.91 Å². The number of nitrogens with zero attached hydrogens (tertiary/aromatic N) is 2. The van der Waals surface area contributed by atoms with Gasteiger partial charge in [0.1, 0.15) is 11.5 Å². The highest BCUT2D eigenvalue weighted by Gasteiger charge is 2.22. The van der Waals surface area contributed by atoms with Crippen LogP contribution in [-0.4, -0.2) is 28.9 Å². The van der Waals surface area contributed by atoms with Crippen molar-refractivity contribution in [1.82, 2.24) is 9.88 Å². The number of amides is 1. The molecular weight excluding hydrogens is 279 g/mol. The number of rotatable bonds is 2. The Bertz CT molecular complexity index is 678. The van der Waals surface area contributed by atoms with Crippen LogP contribution in [0.3, 0.4) is 0 Å². The van der Waals surface area contributed by atoms with Crippen LogP contribution in [0.25, 0.3) is 11.3 Å². The third-order valence-corrected chi connectivity index (χ3v) is 4.19. The zero-order valence-corrected chi connectivity index (χ0v) is 12.6. The van der Waals surface area contributed by atoms with Crippen molar-refractivity contribution in [1.29, 1.82) is 0 Å². The van der Waals surface area contributed by atoms with Crippen molar-refractivity contribution in [3.8, 4) is 11.3 Å². The van der Waals surface area contributed by atoms with Gasteiger partial charge in [-0.2, -0.15) is 0 Å². The van der Waals surface area contributed by atoms with Crippen LogP contribution in [0.15, 0.2) is 42.5 Å². The molecule has 0 saturated carbocycles. The van der Waals surface area contributed by atoms with E-state index in [-0.39, 0.29) is 11.7 Å². The second-order valence-electron chi connectivity index (χ2n) is 5.86. The number of piperidine rings is 1. The van der Waals surface area contributed by atoms with E-state index in [0.717, 1.165) is 25.9 Å². The summed E-state index contributed by atoms with van der Waals surface area (Å²) in [7, 11) is 0. The SMILES string of the molecule is CC1CCN(C(=O)c2cccc(-c3ccccc3F)n2)CC1. The number of carbonyl (C=O) groups excluding carboxylic acids is 1. The highest BCUT2D eigenvalue weighted by atomic mass is 19.1. The fourth-order valence-corrected chi connectivity index (χ4v) is 2.75. The number of halogens is 1. The monoisotopic (exact) mass is 298 g/mol. The summed E-state index contributed by atoms with van der Waals surface area (Å²) in [6.45, 7) is 3.75. The summed E-state index contributed by atoms with van der Waals surface area (Å²) in [5, 5.41) is 0. The summed E-state index contributed by atoms with van der Waals surface area (Å²) in [5.41, 5.74) is 1.30. The molecule has 1 saturated heterocycles. The molecule has 0 bridgehead atoms. The molecule has 0 unspecified atom stereocenters. The van der Waals surface area contributed by atoms with Crippen molar-refractivity contribution in [3.05, 3.63) is 54.0 Å². The molecule has 1 aromatic heterocycles. The summed E-state index contributed by atoms with van der Waals surface area (Å²) >= 11 is 0. The molecule has 0 atom stereocenters. The van der Waals surface area contributed by atoms with E-state index in [2.05, 4.69) is 11.9 Å². The summed E-state index contributed by atoms with van der Waals surface area (Å²) in [6, 6.07) is 11.7. The topological polar surface area (TPSA) is 33.2 Å². The van der Waals surface area contributed by atoms with Gasteiger partial charge in [0.05, 0.1) is 5.69 Å². The number of aromatic nitrogens is 1. The molecule has 0 aliphatic carbocycles. The molecule has 3 nitrogen and oxygen atoms in total. The Labute approximate surface area is 129 Å². The van der Waals surface area contributed by atoms with Crippen molar-refractivity contribution in [3.63, 3.8) is 0 Å². The first-order valence-corrected chi connectivity index (χ1v) is 7.66. The minimum Gasteiger partial charge on any atom is -0.337 e. The Hall–Kier alpha value is -2.23. The van der Waals surface area contributed by atoms with E-state index in [4.69, 9.17) is 0 Å². The standard InChI is InChI=1S/C18H19FN2O/c1-13-9-11-21(12-10-13)18(22)17-8-4-7-16(20-17)14-5-2-3-6-15(14)19/h2-8,13H,9-12H2,1H3. The Balaban J connectivity index is 1.85. The first kappa shape index (κ1) is 14.7. The van der Waals surface area contributed by atoms with Gasteiger partial charge in [-0.3, -0.25) is 4.79 Å². The molecule has 4 heteroatoms. The number of hydrogen-bond donors (Lipinski definition) is 0. The van der Waals surface area contributed by atoms with Gasteiger partial charge in [0.15, 0.2) is 0 Å². The quantitative estimate of drug-likeness (QED) is 0.846. The third kappa shape index (κ3) is 3.01. The maximum Gasteiger partial charge on any atom is 0.272 e. The zero-order chi connectivity index (χ0) is 15.5. The molecule has 1 aromatic carbocycles. The zero-order valence-electron chi connectivity index (χ0n) is 12.6. The lowest BCUT2D eigenvalue weighted by molar-refractivity contribution is 0.0691. The molecule has 3 rings (SSSR count). The predicted octanol–water partition coefficient (Wildman–Crippen LogP) is 3.76. The van der Waals surface area contributed by atoms with Crippen LogP contribution in [0.1, 0.15) is 30.3 Å². The molecule has 2 heterocycles. The van der Waals surface area contributed by atoms with Crippen LogP contribution in [-0.2, 0) is 0 Å². The van der Waals surface area contributed by atoms with Gasteiger partial charge in [0, 0.05) is 18.7 Å². The van der Waals surface area contributed by atoms with Gasteiger partial charge in [0.25, 0.3) is 5.91 Å². The van der Waals surface area contributed by atoms with E-state index in [1.807, 2.05) is 4.90 Å². The van der Waals surface area contributed by atoms with Crippen molar-refractivity contribution < 1.29 is 9.18 Å². The Morgan fingerprint density at radius 1 is 1.14 bits per heavy atom. The highest BCUT2D eigenvalue weighted by Crippen LogP contribution is 2.22. The Kier molecular flexibility index (Phi) is 4.18. The van der Waals surface area contributed by atoms with Gasteiger partial charge in [-0.1, -0.05) is 25.1 Å². The Morgan fingerprint density at radius 3 is 2.59 bits per heavy atom. The lowest BCUT2D eigenvalue weighted by Gasteiger charge is -2.30. The van der Waals surface area contributed by atoms with Gasteiger partial charge in [-0.15, -0.1) is 0 Å². The molecule has 1 fully saturated rings. The van der Waals surface area contributed by atoms with E-state index in [1.54, 1.807) is 36.4 Å². The number of pyridine rings is 1. The first-order chi connectivity index (χ1) is 10.6. The van der Waals surface area contributed by atoms with E-state index in [1.165, 1.54) is 6.07 Å². The van der Waals surface area contributed by atoms with Gasteiger partial charge in [-0.25, -0.2) is 9.37 Å². The first-order valence-electron chi connectivity index (χ1n) is 7.66. The molecular formula is C18H19FN2O. The van der Waals surface area contributed by atoms with E-state index in [9.17, 15) is 9.18 Å². The fourth-order valence-electron chi connectivity index (χ4n) is 2.75. The van der Waals surface area contributed by atoms with Gasteiger partial charge < -0.3 is 4.90 Å². The van der Waals surface area contributed by atoms with Crippen LogP contribution in [0.5, 0.6) is 0 Å². The van der Waals surface area contributed by atoms with E-state index < -0.39 is 0 Å². The highest BCUT2D eigenvalue weighted by molar-refractivity contribution is 5.93. The van der Waals surface area contributed by atoms with Crippen LogP contribution in [0.2, 0.25) is 0 Å². The van der Waals surface area contributed by atoms with Gasteiger partial charge in [0.2, 0.25) is 0 Å². The molecule has 22 heavy (non-hydrogen) atoms. The van der Waals surface area contributed by atoms with E-state index >= 15 is 0 Å². The summed E-state index contributed by atoms with van der Waals surface area (Å²) in [6.07, 6.45) is 2.05. The third-order valence-electron chi connectivity index (χ3n) is 4.19. The van der Waals surface area contributed by atoms with Crippen molar-refractivity contribution in [2.45, 2.75) is 19.8 Å². The van der Waals surface area contributed by atoms with Crippen molar-refractivity contribution in [2.75, 3.05) is 13.1 Å². The molecule has 0 N–H and O–H groups in total. The molecule has 114 valence electrons. The minimum absolute atomic E-state index is 0.0647. The summed E-state index contributed by atoms with van der Waals surface area (Å²) < 4.78 is 13.9. The summed E-state index contributed by atoms with van der Waals surface area (Å²) in [4.78, 5) is 18.8. The van der Waals surface area contributed by atoms with E-state index in [0.29, 0.717) is 22.9 Å². The average Bonchev–Trinajstić information content (AvgIpc) is 2.55. The van der Waals surface area contributed by atoms with Gasteiger partial charge in [-0.05, 0) is 43.0 Å². The Morgan fingerprint density at radius 2 is 1.86 bits per heavy atom. The fraction of sp³-hybridized carbons (Fsp3) is 0.333. The smallest absolute Gasteiger partial charge is 0.272 e. The summed E-state index contributed by atoms with van der Waals surface area (Å²) in [5.74, 6) is 0.276. The number of likely N-dealkylation sites (tertiary alicyclic amines) is 1. The minimum atomic E-state index is -0.327. The maximum atomic E-state index is 13.9. The normalized spacial score (nSPS) is 15.8. The van der Waals surface area contributed by atoms with Crippen LogP contribution < -0.4 is 0 Å². The number of hydrogen-bond acceptors (Lipinski definition) is 2. The average molecular weight is 298 g/mol. The largest absolute Gasteiger partial charge is 0.337 e. The number of carbonyl (C=O) groups is 1. The lowest BCUT2D eigenvalue weighted by atomic mass is 9.99. The number of benzene rings is 1. The molecule has 1 amide bonds. The molecule has 1 aliphatic heterocycles. The van der Waals surface area contributed by atoms with Crippen LogP contribution in [0, 0.1) is 11.7 Å². The maximum absolute atomic E-state index is 13.9.